The second-order valence-corrected chi connectivity index (χ2v) is 8.42. The van der Waals surface area contributed by atoms with E-state index in [1.54, 1.807) is 16.9 Å². The van der Waals surface area contributed by atoms with Crippen LogP contribution in [-0.2, 0) is 30.0 Å². The van der Waals surface area contributed by atoms with Gasteiger partial charge in [0, 0.05) is 18.1 Å². The molecule has 3 aromatic heterocycles. The van der Waals surface area contributed by atoms with Gasteiger partial charge in [-0.15, -0.1) is 11.3 Å². The van der Waals surface area contributed by atoms with Crippen LogP contribution in [0.4, 0.5) is 0 Å². The van der Waals surface area contributed by atoms with Gasteiger partial charge in [-0.25, -0.2) is 13.1 Å². The molecule has 0 aliphatic heterocycles. The van der Waals surface area contributed by atoms with E-state index in [2.05, 4.69) is 14.8 Å². The van der Waals surface area contributed by atoms with E-state index in [9.17, 15) is 8.42 Å². The van der Waals surface area contributed by atoms with E-state index >= 15 is 0 Å². The molecule has 0 fully saturated rings. The van der Waals surface area contributed by atoms with Crippen LogP contribution in [0.5, 0.6) is 0 Å². The Balaban J connectivity index is 1.75. The van der Waals surface area contributed by atoms with Crippen molar-refractivity contribution < 1.29 is 8.42 Å². The number of pyridine rings is 1. The van der Waals surface area contributed by atoms with Gasteiger partial charge in [0.1, 0.15) is 4.21 Å². The SMILES string of the molecule is CCc1ccc(S(=O)(=O)NCc2cc(-c3ccccn3)n(C)n2)s1. The van der Waals surface area contributed by atoms with Crippen molar-refractivity contribution in [3.8, 4) is 11.4 Å². The Hall–Kier alpha value is -2.03. The summed E-state index contributed by atoms with van der Waals surface area (Å²) in [5, 5.41) is 4.36. The number of nitrogens with one attached hydrogen (secondary N) is 1. The van der Waals surface area contributed by atoms with Crippen molar-refractivity contribution in [1.29, 1.82) is 0 Å². The molecule has 0 saturated heterocycles. The Morgan fingerprint density at radius 3 is 2.75 bits per heavy atom. The number of aryl methyl sites for hydroxylation is 2. The van der Waals surface area contributed by atoms with Crippen molar-refractivity contribution >= 4 is 21.4 Å². The van der Waals surface area contributed by atoms with Crippen LogP contribution in [0.1, 0.15) is 17.5 Å². The number of nitrogens with zero attached hydrogens (tertiary/aromatic N) is 3. The van der Waals surface area contributed by atoms with Crippen molar-refractivity contribution in [1.82, 2.24) is 19.5 Å². The third-order valence-electron chi connectivity index (χ3n) is 3.55. The highest BCUT2D eigenvalue weighted by molar-refractivity contribution is 7.91. The Bertz CT molecular complexity index is 930. The molecule has 6 nitrogen and oxygen atoms in total. The molecule has 24 heavy (non-hydrogen) atoms. The molecule has 1 N–H and O–H groups in total. The van der Waals surface area contributed by atoms with E-state index in [1.165, 1.54) is 11.3 Å². The minimum absolute atomic E-state index is 0.141. The van der Waals surface area contributed by atoms with Crippen LogP contribution in [0.3, 0.4) is 0 Å². The summed E-state index contributed by atoms with van der Waals surface area (Å²) >= 11 is 1.29. The zero-order chi connectivity index (χ0) is 17.2. The van der Waals surface area contributed by atoms with Crippen molar-refractivity contribution in [2.24, 2.45) is 7.05 Å². The van der Waals surface area contributed by atoms with Crippen molar-refractivity contribution in [3.05, 3.63) is 53.2 Å². The standard InChI is InChI=1S/C16H18N4O2S2/c1-3-13-7-8-16(23-13)24(21,22)18-11-12-10-15(20(2)19-12)14-6-4-5-9-17-14/h4-10,18H,3,11H2,1-2H3. The Morgan fingerprint density at radius 1 is 1.25 bits per heavy atom. The van der Waals surface area contributed by atoms with Gasteiger partial charge in [-0.2, -0.15) is 5.10 Å². The van der Waals surface area contributed by atoms with Crippen LogP contribution in [0.2, 0.25) is 0 Å². The van der Waals surface area contributed by atoms with Crippen LogP contribution in [0, 0.1) is 0 Å². The van der Waals surface area contributed by atoms with Gasteiger partial charge < -0.3 is 0 Å². The van der Waals surface area contributed by atoms with Crippen molar-refractivity contribution in [3.63, 3.8) is 0 Å². The zero-order valence-electron chi connectivity index (χ0n) is 13.4. The summed E-state index contributed by atoms with van der Waals surface area (Å²) in [7, 11) is -1.70. The van der Waals surface area contributed by atoms with Gasteiger partial charge in [0.2, 0.25) is 10.0 Å². The molecule has 8 heteroatoms. The monoisotopic (exact) mass is 362 g/mol. The lowest BCUT2D eigenvalue weighted by Crippen LogP contribution is -2.22. The fourth-order valence-electron chi connectivity index (χ4n) is 2.30. The van der Waals surface area contributed by atoms with Crippen LogP contribution in [-0.4, -0.2) is 23.2 Å². The quantitative estimate of drug-likeness (QED) is 0.731. The Labute approximate surface area is 145 Å². The van der Waals surface area contributed by atoms with E-state index in [-0.39, 0.29) is 6.54 Å². The van der Waals surface area contributed by atoms with E-state index in [1.807, 2.05) is 44.3 Å². The molecule has 0 unspecified atom stereocenters. The molecule has 0 atom stereocenters. The maximum Gasteiger partial charge on any atom is 0.250 e. The molecular weight excluding hydrogens is 344 g/mol. The van der Waals surface area contributed by atoms with E-state index in [0.29, 0.717) is 9.90 Å². The summed E-state index contributed by atoms with van der Waals surface area (Å²) < 4.78 is 29.3. The van der Waals surface area contributed by atoms with Gasteiger partial charge >= 0.3 is 0 Å². The summed E-state index contributed by atoms with van der Waals surface area (Å²) in [5.41, 5.74) is 2.29. The number of aromatic nitrogens is 3. The van der Waals surface area contributed by atoms with Crippen molar-refractivity contribution in [2.75, 3.05) is 0 Å². The largest absolute Gasteiger partial charge is 0.266 e. The predicted molar refractivity (Wildman–Crippen MR) is 94.2 cm³/mol. The molecule has 0 radical (unpaired) electrons. The Morgan fingerprint density at radius 2 is 2.08 bits per heavy atom. The molecule has 3 aromatic rings. The lowest BCUT2D eigenvalue weighted by molar-refractivity contribution is 0.581. The molecule has 0 aromatic carbocycles. The fraction of sp³-hybridized carbons (Fsp3) is 0.250. The molecule has 0 aliphatic carbocycles. The first kappa shape index (κ1) is 16.8. The third-order valence-corrected chi connectivity index (χ3v) is 6.67. The normalized spacial score (nSPS) is 11.8. The fourth-order valence-corrected chi connectivity index (χ4v) is 4.64. The molecule has 0 saturated carbocycles. The number of hydrogen-bond acceptors (Lipinski definition) is 5. The van der Waals surface area contributed by atoms with Gasteiger partial charge in [-0.3, -0.25) is 9.67 Å². The first-order valence-electron chi connectivity index (χ1n) is 7.52. The summed E-state index contributed by atoms with van der Waals surface area (Å²) in [6, 6.07) is 11.0. The number of rotatable bonds is 6. The van der Waals surface area contributed by atoms with E-state index < -0.39 is 10.0 Å². The van der Waals surface area contributed by atoms with Gasteiger partial charge in [-0.05, 0) is 36.8 Å². The van der Waals surface area contributed by atoms with Crippen LogP contribution >= 0.6 is 11.3 Å². The van der Waals surface area contributed by atoms with Gasteiger partial charge in [0.05, 0.1) is 23.6 Å². The van der Waals surface area contributed by atoms with Crippen LogP contribution < -0.4 is 4.72 Å². The first-order chi connectivity index (χ1) is 11.5. The molecule has 0 amide bonds. The molecule has 3 rings (SSSR count). The second-order valence-electron chi connectivity index (χ2n) is 5.26. The Kier molecular flexibility index (Phi) is 4.79. The van der Waals surface area contributed by atoms with E-state index in [0.717, 1.165) is 22.7 Å². The maximum absolute atomic E-state index is 12.3. The van der Waals surface area contributed by atoms with Crippen LogP contribution in [0.15, 0.2) is 46.8 Å². The summed E-state index contributed by atoms with van der Waals surface area (Å²) in [6.07, 6.45) is 2.54. The van der Waals surface area contributed by atoms with E-state index in [4.69, 9.17) is 0 Å². The average Bonchev–Trinajstić information content (AvgIpc) is 3.21. The lowest BCUT2D eigenvalue weighted by Gasteiger charge is -2.02. The topological polar surface area (TPSA) is 76.9 Å². The summed E-state index contributed by atoms with van der Waals surface area (Å²) in [4.78, 5) is 5.34. The highest BCUT2D eigenvalue weighted by Crippen LogP contribution is 2.22. The molecule has 0 spiro atoms. The summed E-state index contributed by atoms with van der Waals surface area (Å²) in [5.74, 6) is 0. The highest BCUT2D eigenvalue weighted by Gasteiger charge is 2.17. The maximum atomic E-state index is 12.3. The molecule has 3 heterocycles. The minimum atomic E-state index is -3.51. The third kappa shape index (κ3) is 3.55. The first-order valence-corrected chi connectivity index (χ1v) is 9.82. The van der Waals surface area contributed by atoms with Crippen LogP contribution in [0.25, 0.3) is 11.4 Å². The molecule has 0 bridgehead atoms. The number of sulfonamides is 1. The molecule has 0 aliphatic rings. The lowest BCUT2D eigenvalue weighted by atomic mass is 10.2. The number of thiophene rings is 1. The smallest absolute Gasteiger partial charge is 0.250 e. The number of hydrogen-bond donors (Lipinski definition) is 1. The van der Waals surface area contributed by atoms with Gasteiger partial charge in [0.25, 0.3) is 0 Å². The van der Waals surface area contributed by atoms with Crippen molar-refractivity contribution in [2.45, 2.75) is 24.1 Å². The second kappa shape index (κ2) is 6.84. The van der Waals surface area contributed by atoms with Gasteiger partial charge in [0.15, 0.2) is 0 Å². The highest BCUT2D eigenvalue weighted by atomic mass is 32.2. The van der Waals surface area contributed by atoms with Gasteiger partial charge in [-0.1, -0.05) is 13.0 Å². The minimum Gasteiger partial charge on any atom is -0.266 e. The predicted octanol–water partition coefficient (Wildman–Crippen LogP) is 2.58. The summed E-state index contributed by atoms with van der Waals surface area (Å²) in [6.45, 7) is 2.14. The zero-order valence-corrected chi connectivity index (χ0v) is 15.1. The molecule has 126 valence electrons. The average molecular weight is 362 g/mol. The molecular formula is C16H18N4O2S2.